The first-order valence-corrected chi connectivity index (χ1v) is 9.66. The number of likely N-dealkylation sites (tertiary alicyclic amines) is 1. The molecule has 0 unspecified atom stereocenters. The molecule has 0 spiro atoms. The van der Waals surface area contributed by atoms with Gasteiger partial charge in [0.25, 0.3) is 5.91 Å². The van der Waals surface area contributed by atoms with Gasteiger partial charge >= 0.3 is 0 Å². The van der Waals surface area contributed by atoms with Gasteiger partial charge in [-0.05, 0) is 37.1 Å². The van der Waals surface area contributed by atoms with Crippen LogP contribution in [0.1, 0.15) is 30.3 Å². The van der Waals surface area contributed by atoms with Gasteiger partial charge < -0.3 is 14.2 Å². The van der Waals surface area contributed by atoms with E-state index in [2.05, 4.69) is 14.5 Å². The molecular formula is C22H24N4O2. The lowest BCUT2D eigenvalue weighted by atomic mass is 9.97. The van der Waals surface area contributed by atoms with Crippen LogP contribution in [0.2, 0.25) is 0 Å². The molecule has 1 aliphatic rings. The summed E-state index contributed by atoms with van der Waals surface area (Å²) in [4.78, 5) is 23.5. The fourth-order valence-corrected chi connectivity index (χ4v) is 3.65. The third kappa shape index (κ3) is 4.39. The number of benzene rings is 1. The number of para-hydroxylation sites is 1. The Labute approximate surface area is 164 Å². The number of amides is 1. The Balaban J connectivity index is 1.39. The van der Waals surface area contributed by atoms with E-state index in [4.69, 9.17) is 4.74 Å². The highest BCUT2D eigenvalue weighted by Gasteiger charge is 2.27. The lowest BCUT2D eigenvalue weighted by Gasteiger charge is -2.32. The first kappa shape index (κ1) is 18.2. The minimum Gasteiger partial charge on any atom is -0.484 e. The van der Waals surface area contributed by atoms with Crippen molar-refractivity contribution in [1.29, 1.82) is 0 Å². The van der Waals surface area contributed by atoms with E-state index in [1.165, 1.54) is 0 Å². The molecule has 0 aliphatic carbocycles. The molecule has 6 nitrogen and oxygen atoms in total. The van der Waals surface area contributed by atoms with Gasteiger partial charge in [-0.2, -0.15) is 0 Å². The summed E-state index contributed by atoms with van der Waals surface area (Å²) >= 11 is 0. The maximum atomic E-state index is 12.6. The molecule has 1 aliphatic heterocycles. The van der Waals surface area contributed by atoms with Crippen LogP contribution in [0.25, 0.3) is 0 Å². The largest absolute Gasteiger partial charge is 0.484 e. The van der Waals surface area contributed by atoms with Crippen molar-refractivity contribution >= 4 is 5.91 Å². The molecule has 1 amide bonds. The van der Waals surface area contributed by atoms with Crippen molar-refractivity contribution in [3.8, 4) is 5.75 Å². The van der Waals surface area contributed by atoms with Gasteiger partial charge in [0.1, 0.15) is 11.6 Å². The van der Waals surface area contributed by atoms with Crippen molar-refractivity contribution in [2.75, 3.05) is 19.7 Å². The van der Waals surface area contributed by atoms with E-state index in [0.717, 1.165) is 36.7 Å². The second kappa shape index (κ2) is 8.69. The molecule has 0 bridgehead atoms. The van der Waals surface area contributed by atoms with E-state index in [0.29, 0.717) is 13.1 Å². The fourth-order valence-electron chi connectivity index (χ4n) is 3.65. The van der Waals surface area contributed by atoms with Crippen molar-refractivity contribution in [2.45, 2.75) is 25.3 Å². The third-order valence-electron chi connectivity index (χ3n) is 5.05. The second-order valence-corrected chi connectivity index (χ2v) is 7.02. The molecule has 4 rings (SSSR count). The Morgan fingerprint density at radius 2 is 1.93 bits per heavy atom. The zero-order valence-corrected chi connectivity index (χ0v) is 15.8. The maximum Gasteiger partial charge on any atom is 0.260 e. The van der Waals surface area contributed by atoms with Crippen molar-refractivity contribution in [3.63, 3.8) is 0 Å². The monoisotopic (exact) mass is 376 g/mol. The number of hydrogen-bond acceptors (Lipinski definition) is 4. The van der Waals surface area contributed by atoms with Crippen molar-refractivity contribution < 1.29 is 9.53 Å². The molecule has 0 saturated carbocycles. The molecule has 2 aromatic heterocycles. The first-order chi connectivity index (χ1) is 13.8. The summed E-state index contributed by atoms with van der Waals surface area (Å²) < 4.78 is 7.77. The van der Waals surface area contributed by atoms with Gasteiger partial charge in [-0.15, -0.1) is 0 Å². The van der Waals surface area contributed by atoms with Crippen LogP contribution >= 0.6 is 0 Å². The molecule has 1 aromatic carbocycles. The highest BCUT2D eigenvalue weighted by Crippen LogP contribution is 2.26. The standard InChI is InChI=1S/C22H24N4O2/c27-21(17-28-20-9-2-1-3-10-20)25-13-6-7-18(15-25)22-24-12-14-26(22)16-19-8-4-5-11-23-19/h1-5,8-12,14,18H,6-7,13,15-17H2/t18-/m1/s1. The molecule has 3 aromatic rings. The number of hydrogen-bond donors (Lipinski definition) is 0. The van der Waals surface area contributed by atoms with Crippen LogP contribution in [0.3, 0.4) is 0 Å². The maximum absolute atomic E-state index is 12.6. The molecule has 0 radical (unpaired) electrons. The predicted octanol–water partition coefficient (Wildman–Crippen LogP) is 3.11. The van der Waals surface area contributed by atoms with Gasteiger partial charge in [0.15, 0.2) is 6.61 Å². The average molecular weight is 376 g/mol. The molecule has 6 heteroatoms. The van der Waals surface area contributed by atoms with E-state index in [1.54, 1.807) is 6.20 Å². The topological polar surface area (TPSA) is 60.2 Å². The van der Waals surface area contributed by atoms with E-state index >= 15 is 0 Å². The summed E-state index contributed by atoms with van der Waals surface area (Å²) in [5.74, 6) is 1.99. The van der Waals surface area contributed by atoms with Gasteiger partial charge in [0, 0.05) is 37.6 Å². The smallest absolute Gasteiger partial charge is 0.260 e. The molecule has 144 valence electrons. The van der Waals surface area contributed by atoms with Crippen molar-refractivity contribution in [2.24, 2.45) is 0 Å². The number of piperidine rings is 1. The van der Waals surface area contributed by atoms with Gasteiger partial charge in [-0.1, -0.05) is 24.3 Å². The van der Waals surface area contributed by atoms with Crippen LogP contribution < -0.4 is 4.74 Å². The number of pyridine rings is 1. The number of ether oxygens (including phenoxy) is 1. The van der Waals surface area contributed by atoms with E-state index in [1.807, 2.05) is 65.8 Å². The van der Waals surface area contributed by atoms with E-state index in [-0.39, 0.29) is 18.4 Å². The molecule has 1 fully saturated rings. The number of carbonyl (C=O) groups is 1. The van der Waals surface area contributed by atoms with Gasteiger partial charge in [0.2, 0.25) is 0 Å². The summed E-state index contributed by atoms with van der Waals surface area (Å²) in [5.41, 5.74) is 1.00. The molecule has 0 N–H and O–H groups in total. The summed E-state index contributed by atoms with van der Waals surface area (Å²) in [5, 5.41) is 0. The molecule has 3 heterocycles. The third-order valence-corrected chi connectivity index (χ3v) is 5.05. The number of nitrogens with zero attached hydrogens (tertiary/aromatic N) is 4. The molecule has 28 heavy (non-hydrogen) atoms. The number of aromatic nitrogens is 3. The zero-order valence-electron chi connectivity index (χ0n) is 15.8. The van der Waals surface area contributed by atoms with Crippen LogP contribution in [0, 0.1) is 0 Å². The Kier molecular flexibility index (Phi) is 5.66. The van der Waals surface area contributed by atoms with Gasteiger partial charge in [0.05, 0.1) is 12.2 Å². The van der Waals surface area contributed by atoms with Crippen molar-refractivity contribution in [1.82, 2.24) is 19.4 Å². The minimum atomic E-state index is 0.0244. The number of imidazole rings is 1. The molecule has 1 atom stereocenters. The highest BCUT2D eigenvalue weighted by molar-refractivity contribution is 5.78. The lowest BCUT2D eigenvalue weighted by Crippen LogP contribution is -2.42. The summed E-state index contributed by atoms with van der Waals surface area (Å²) in [6.45, 7) is 2.21. The zero-order chi connectivity index (χ0) is 19.2. The Morgan fingerprint density at radius 1 is 1.07 bits per heavy atom. The molecule has 1 saturated heterocycles. The van der Waals surface area contributed by atoms with E-state index < -0.39 is 0 Å². The average Bonchev–Trinajstić information content (AvgIpc) is 3.22. The van der Waals surface area contributed by atoms with Crippen molar-refractivity contribution in [3.05, 3.63) is 78.6 Å². The second-order valence-electron chi connectivity index (χ2n) is 7.02. The molecular weight excluding hydrogens is 352 g/mol. The summed E-state index contributed by atoms with van der Waals surface area (Å²) in [7, 11) is 0. The van der Waals surface area contributed by atoms with Crippen LogP contribution in [0.15, 0.2) is 67.1 Å². The Bertz CT molecular complexity index is 895. The van der Waals surface area contributed by atoms with Gasteiger partial charge in [-0.3, -0.25) is 9.78 Å². The first-order valence-electron chi connectivity index (χ1n) is 9.66. The quantitative estimate of drug-likeness (QED) is 0.663. The summed E-state index contributed by atoms with van der Waals surface area (Å²) in [6, 6.07) is 15.4. The Morgan fingerprint density at radius 3 is 2.75 bits per heavy atom. The normalized spacial score (nSPS) is 16.7. The Hall–Kier alpha value is -3.15. The van der Waals surface area contributed by atoms with Gasteiger partial charge in [-0.25, -0.2) is 4.98 Å². The number of carbonyl (C=O) groups excluding carboxylic acids is 1. The van der Waals surface area contributed by atoms with E-state index in [9.17, 15) is 4.79 Å². The van der Waals surface area contributed by atoms with Crippen LogP contribution in [-0.2, 0) is 11.3 Å². The SMILES string of the molecule is O=C(COc1ccccc1)N1CCC[C@@H](c2nccn2Cc2ccccn2)C1. The fraction of sp³-hybridized carbons (Fsp3) is 0.318. The van der Waals surface area contributed by atoms with Crippen LogP contribution in [0.5, 0.6) is 5.75 Å². The van der Waals surface area contributed by atoms with Crippen LogP contribution in [-0.4, -0.2) is 45.0 Å². The summed E-state index contributed by atoms with van der Waals surface area (Å²) in [6.07, 6.45) is 7.63. The predicted molar refractivity (Wildman–Crippen MR) is 106 cm³/mol. The number of rotatable bonds is 6. The lowest BCUT2D eigenvalue weighted by molar-refractivity contribution is -0.134. The highest BCUT2D eigenvalue weighted by atomic mass is 16.5. The minimum absolute atomic E-state index is 0.0244. The van der Waals surface area contributed by atoms with Crippen LogP contribution in [0.4, 0.5) is 0 Å².